The number of benzene rings is 2. The molecule has 0 aliphatic carbocycles. The number of amides is 2. The number of anilines is 1. The predicted octanol–water partition coefficient (Wildman–Crippen LogP) is 4.71. The highest BCUT2D eigenvalue weighted by Gasteiger charge is 2.30. The van der Waals surface area contributed by atoms with Gasteiger partial charge in [-0.25, -0.2) is 0 Å². The van der Waals surface area contributed by atoms with Crippen LogP contribution >= 0.6 is 35.0 Å². The van der Waals surface area contributed by atoms with E-state index in [-0.39, 0.29) is 29.9 Å². The van der Waals surface area contributed by atoms with Crippen LogP contribution in [-0.4, -0.2) is 24.7 Å². The molecule has 1 atom stereocenters. The molecule has 0 aromatic heterocycles. The highest BCUT2D eigenvalue weighted by Crippen LogP contribution is 2.36. The van der Waals surface area contributed by atoms with Crippen molar-refractivity contribution in [2.45, 2.75) is 12.3 Å². The maximum absolute atomic E-state index is 12.3. The molecule has 1 aliphatic heterocycles. The molecule has 0 saturated heterocycles. The van der Waals surface area contributed by atoms with Gasteiger partial charge in [0.15, 0.2) is 0 Å². The Kier molecular flexibility index (Phi) is 7.27. The van der Waals surface area contributed by atoms with Crippen LogP contribution in [0.2, 0.25) is 10.0 Å². The molecule has 154 valence electrons. The van der Waals surface area contributed by atoms with Crippen LogP contribution in [0.15, 0.2) is 53.1 Å². The van der Waals surface area contributed by atoms with Gasteiger partial charge in [0.05, 0.1) is 40.2 Å². The third kappa shape index (κ3) is 5.28. The van der Waals surface area contributed by atoms with Crippen LogP contribution in [0.3, 0.4) is 0 Å². The van der Waals surface area contributed by atoms with E-state index in [1.807, 2.05) is 12.1 Å². The van der Waals surface area contributed by atoms with E-state index in [9.17, 15) is 14.9 Å². The standard InChI is InChI=1S/C21H17Cl2N3O3S/c1-29-14-5-2-12(3-6-14)15-9-19(27)26-21(16(15)10-24)30-11-20(28)25-18-7-4-13(22)8-17(18)23/h2-8,15H,9,11H2,1H3,(H,25,28)(H,26,27)/t15-/m0/s1. The van der Waals surface area contributed by atoms with Crippen LogP contribution in [0.25, 0.3) is 0 Å². The molecule has 1 heterocycles. The van der Waals surface area contributed by atoms with Gasteiger partial charge in [-0.3, -0.25) is 9.59 Å². The zero-order valence-electron chi connectivity index (χ0n) is 15.9. The third-order valence-corrected chi connectivity index (χ3v) is 5.99. The van der Waals surface area contributed by atoms with Crippen molar-refractivity contribution in [3.63, 3.8) is 0 Å². The van der Waals surface area contributed by atoms with Gasteiger partial charge in [0.25, 0.3) is 0 Å². The van der Waals surface area contributed by atoms with E-state index < -0.39 is 0 Å². The van der Waals surface area contributed by atoms with E-state index in [0.29, 0.717) is 32.1 Å². The minimum atomic E-state index is -0.383. The highest BCUT2D eigenvalue weighted by molar-refractivity contribution is 8.03. The maximum Gasteiger partial charge on any atom is 0.234 e. The number of halogens is 2. The lowest BCUT2D eigenvalue weighted by Crippen LogP contribution is -2.31. The van der Waals surface area contributed by atoms with E-state index in [2.05, 4.69) is 16.7 Å². The molecule has 2 aromatic carbocycles. The Morgan fingerprint density at radius 2 is 2.03 bits per heavy atom. The molecule has 0 radical (unpaired) electrons. The fourth-order valence-corrected chi connectivity index (χ4v) is 4.30. The van der Waals surface area contributed by atoms with Gasteiger partial charge in [-0.2, -0.15) is 5.26 Å². The van der Waals surface area contributed by atoms with E-state index in [1.165, 1.54) is 6.07 Å². The minimum absolute atomic E-state index is 0.00488. The quantitative estimate of drug-likeness (QED) is 0.649. The smallest absolute Gasteiger partial charge is 0.234 e. The molecule has 2 N–H and O–H groups in total. The number of nitriles is 1. The van der Waals surface area contributed by atoms with Crippen molar-refractivity contribution in [3.8, 4) is 11.8 Å². The van der Waals surface area contributed by atoms with E-state index in [4.69, 9.17) is 27.9 Å². The minimum Gasteiger partial charge on any atom is -0.497 e. The number of carbonyl (C=O) groups is 2. The summed E-state index contributed by atoms with van der Waals surface area (Å²) in [6.07, 6.45) is 0.159. The van der Waals surface area contributed by atoms with Crippen LogP contribution in [0, 0.1) is 11.3 Å². The first-order valence-corrected chi connectivity index (χ1v) is 10.6. The van der Waals surface area contributed by atoms with E-state index in [1.54, 1.807) is 31.4 Å². The summed E-state index contributed by atoms with van der Waals surface area (Å²) in [5, 5.41) is 16.3. The topological polar surface area (TPSA) is 91.2 Å². The molecule has 30 heavy (non-hydrogen) atoms. The molecule has 0 unspecified atom stereocenters. The molecular formula is C21H17Cl2N3O3S. The van der Waals surface area contributed by atoms with Gasteiger partial charge in [0, 0.05) is 17.4 Å². The van der Waals surface area contributed by atoms with Crippen molar-refractivity contribution >= 4 is 52.5 Å². The molecule has 0 fully saturated rings. The summed E-state index contributed by atoms with van der Waals surface area (Å²) in [6.45, 7) is 0. The summed E-state index contributed by atoms with van der Waals surface area (Å²) in [6, 6.07) is 14.2. The summed E-state index contributed by atoms with van der Waals surface area (Å²) in [4.78, 5) is 24.6. The van der Waals surface area contributed by atoms with Crippen molar-refractivity contribution in [1.29, 1.82) is 5.26 Å². The molecule has 9 heteroatoms. The molecule has 6 nitrogen and oxygen atoms in total. The number of nitrogens with zero attached hydrogens (tertiary/aromatic N) is 1. The number of ether oxygens (including phenoxy) is 1. The van der Waals surface area contributed by atoms with Crippen LogP contribution in [0.1, 0.15) is 17.9 Å². The average Bonchev–Trinajstić information content (AvgIpc) is 2.74. The summed E-state index contributed by atoms with van der Waals surface area (Å²) in [5.41, 5.74) is 1.68. The number of hydrogen-bond acceptors (Lipinski definition) is 5. The van der Waals surface area contributed by atoms with Gasteiger partial charge in [-0.05, 0) is 35.9 Å². The Balaban J connectivity index is 1.75. The lowest BCUT2D eigenvalue weighted by atomic mass is 9.87. The van der Waals surface area contributed by atoms with Crippen LogP contribution in [0.5, 0.6) is 5.75 Å². The number of methoxy groups -OCH3 is 1. The van der Waals surface area contributed by atoms with Crippen LogP contribution in [0.4, 0.5) is 5.69 Å². The van der Waals surface area contributed by atoms with Crippen molar-refractivity contribution in [1.82, 2.24) is 5.32 Å². The molecule has 0 bridgehead atoms. The molecule has 0 saturated carbocycles. The van der Waals surface area contributed by atoms with Gasteiger partial charge in [-0.15, -0.1) is 0 Å². The number of hydrogen-bond donors (Lipinski definition) is 2. The Bertz CT molecular complexity index is 1050. The van der Waals surface area contributed by atoms with Crippen LogP contribution in [-0.2, 0) is 9.59 Å². The second-order valence-corrected chi connectivity index (χ2v) is 8.22. The lowest BCUT2D eigenvalue weighted by Gasteiger charge is -2.25. The van der Waals surface area contributed by atoms with Gasteiger partial charge in [0.2, 0.25) is 11.8 Å². The fourth-order valence-electron chi connectivity index (χ4n) is 2.97. The Morgan fingerprint density at radius 1 is 1.30 bits per heavy atom. The normalized spacial score (nSPS) is 15.9. The molecule has 0 spiro atoms. The lowest BCUT2D eigenvalue weighted by molar-refractivity contribution is -0.121. The predicted molar refractivity (Wildman–Crippen MR) is 119 cm³/mol. The van der Waals surface area contributed by atoms with Gasteiger partial charge < -0.3 is 15.4 Å². The summed E-state index contributed by atoms with van der Waals surface area (Å²) >= 11 is 13.0. The first-order chi connectivity index (χ1) is 14.4. The Morgan fingerprint density at radius 3 is 2.67 bits per heavy atom. The first kappa shape index (κ1) is 22.0. The Hall–Kier alpha value is -2.66. The monoisotopic (exact) mass is 461 g/mol. The van der Waals surface area contributed by atoms with Crippen molar-refractivity contribution in [2.24, 2.45) is 0 Å². The highest BCUT2D eigenvalue weighted by atomic mass is 35.5. The largest absolute Gasteiger partial charge is 0.497 e. The SMILES string of the molecule is COc1ccc([C@@H]2CC(=O)NC(SCC(=O)Nc3ccc(Cl)cc3Cl)=C2C#N)cc1. The molecule has 2 amide bonds. The summed E-state index contributed by atoms with van der Waals surface area (Å²) in [5.74, 6) is -0.234. The molecular weight excluding hydrogens is 445 g/mol. The van der Waals surface area contributed by atoms with E-state index in [0.717, 1.165) is 17.3 Å². The second kappa shape index (κ2) is 9.90. The number of rotatable bonds is 6. The van der Waals surface area contributed by atoms with Crippen LogP contribution < -0.4 is 15.4 Å². The Labute approximate surface area is 188 Å². The molecule has 2 aromatic rings. The van der Waals surface area contributed by atoms with Crippen molar-refractivity contribution in [3.05, 3.63) is 68.7 Å². The van der Waals surface area contributed by atoms with Gasteiger partial charge >= 0.3 is 0 Å². The van der Waals surface area contributed by atoms with Gasteiger partial charge in [0.1, 0.15) is 5.75 Å². The average molecular weight is 462 g/mol. The number of carbonyl (C=O) groups excluding carboxylic acids is 2. The van der Waals surface area contributed by atoms with E-state index >= 15 is 0 Å². The number of nitrogens with one attached hydrogen (secondary N) is 2. The number of allylic oxidation sites excluding steroid dienone is 1. The number of thioether (sulfide) groups is 1. The van der Waals surface area contributed by atoms with Gasteiger partial charge in [-0.1, -0.05) is 47.1 Å². The fraction of sp³-hybridized carbons (Fsp3) is 0.190. The summed E-state index contributed by atoms with van der Waals surface area (Å²) in [7, 11) is 1.57. The third-order valence-electron chi connectivity index (χ3n) is 4.43. The zero-order chi connectivity index (χ0) is 21.7. The molecule has 3 rings (SSSR count). The zero-order valence-corrected chi connectivity index (χ0v) is 18.2. The second-order valence-electron chi connectivity index (χ2n) is 6.39. The van der Waals surface area contributed by atoms with Crippen molar-refractivity contribution in [2.75, 3.05) is 18.2 Å². The maximum atomic E-state index is 12.3. The first-order valence-electron chi connectivity index (χ1n) is 8.87. The summed E-state index contributed by atoms with van der Waals surface area (Å²) < 4.78 is 5.16. The van der Waals surface area contributed by atoms with Crippen molar-refractivity contribution < 1.29 is 14.3 Å². The molecule has 1 aliphatic rings.